The number of fused-ring (bicyclic) bond motifs is 1. The zero-order valence-electron chi connectivity index (χ0n) is 18.3. The molecule has 0 N–H and O–H groups in total. The number of halogens is 2. The molecule has 7 heteroatoms. The van der Waals surface area contributed by atoms with Crippen LogP contribution in [0.5, 0.6) is 5.75 Å². The van der Waals surface area contributed by atoms with Crippen LogP contribution in [0.25, 0.3) is 20.7 Å². The summed E-state index contributed by atoms with van der Waals surface area (Å²) in [5.41, 5.74) is 4.84. The van der Waals surface area contributed by atoms with Crippen LogP contribution in [0.3, 0.4) is 0 Å². The van der Waals surface area contributed by atoms with Gasteiger partial charge in [-0.2, -0.15) is 4.98 Å². The number of aromatic nitrogens is 2. The molecule has 170 valence electrons. The highest BCUT2D eigenvalue weighted by molar-refractivity contribution is 7.22. The van der Waals surface area contributed by atoms with Gasteiger partial charge in [0.1, 0.15) is 17.1 Å². The Morgan fingerprint density at radius 1 is 0.941 bits per heavy atom. The van der Waals surface area contributed by atoms with E-state index in [0.717, 1.165) is 43.4 Å². The van der Waals surface area contributed by atoms with Gasteiger partial charge in [0.25, 0.3) is 5.56 Å². The van der Waals surface area contributed by atoms with E-state index in [1.54, 1.807) is 6.33 Å². The first-order valence-corrected chi connectivity index (χ1v) is 12.3. The summed E-state index contributed by atoms with van der Waals surface area (Å²) in [6.45, 7) is 3.03. The Balaban J connectivity index is 1.37. The second-order valence-corrected chi connectivity index (χ2v) is 9.92. The minimum Gasteiger partial charge on any atom is -0.489 e. The zero-order valence-corrected chi connectivity index (χ0v) is 20.6. The van der Waals surface area contributed by atoms with E-state index in [9.17, 15) is 4.79 Å². The number of hydrogen-bond acceptors (Lipinski definition) is 4. The van der Waals surface area contributed by atoms with Crippen molar-refractivity contribution in [3.8, 4) is 16.2 Å². The lowest BCUT2D eigenvalue weighted by atomic mass is 10.1. The third kappa shape index (κ3) is 4.87. The van der Waals surface area contributed by atoms with Crippen molar-refractivity contribution in [2.75, 3.05) is 0 Å². The Bertz CT molecular complexity index is 1520. The van der Waals surface area contributed by atoms with Crippen LogP contribution in [0, 0.1) is 6.92 Å². The predicted octanol–water partition coefficient (Wildman–Crippen LogP) is 7.37. The van der Waals surface area contributed by atoms with Crippen LogP contribution >= 0.6 is 34.5 Å². The number of aryl methyl sites for hydroxylation is 1. The molecule has 0 aliphatic rings. The highest BCUT2D eigenvalue weighted by Gasteiger charge is 2.12. The summed E-state index contributed by atoms with van der Waals surface area (Å²) < 4.78 is 8.55. The van der Waals surface area contributed by atoms with E-state index in [-0.39, 0.29) is 5.56 Å². The Morgan fingerprint density at radius 3 is 2.41 bits per heavy atom. The molecule has 0 saturated carbocycles. The highest BCUT2D eigenvalue weighted by atomic mass is 35.5. The van der Waals surface area contributed by atoms with E-state index < -0.39 is 0 Å². The Labute approximate surface area is 211 Å². The largest absolute Gasteiger partial charge is 0.489 e. The Hall–Kier alpha value is -3.12. The Kier molecular flexibility index (Phi) is 6.42. The van der Waals surface area contributed by atoms with Crippen molar-refractivity contribution >= 4 is 44.8 Å². The molecule has 2 heterocycles. The first-order valence-electron chi connectivity index (χ1n) is 10.7. The summed E-state index contributed by atoms with van der Waals surface area (Å²) in [5.74, 6) is 0.788. The molecule has 0 atom stereocenters. The number of hydrogen-bond donors (Lipinski definition) is 0. The molecular weight excluding hydrogens is 487 g/mol. The lowest BCUT2D eigenvalue weighted by molar-refractivity contribution is 0.306. The molecule has 0 fully saturated rings. The van der Waals surface area contributed by atoms with Gasteiger partial charge in [-0.3, -0.25) is 4.79 Å². The van der Waals surface area contributed by atoms with Gasteiger partial charge in [-0.1, -0.05) is 59.6 Å². The molecule has 0 spiro atoms. The van der Waals surface area contributed by atoms with Crippen molar-refractivity contribution in [2.45, 2.75) is 20.1 Å². The van der Waals surface area contributed by atoms with Crippen molar-refractivity contribution in [1.29, 1.82) is 0 Å². The fourth-order valence-electron chi connectivity index (χ4n) is 3.68. The van der Waals surface area contributed by atoms with Gasteiger partial charge in [0, 0.05) is 21.5 Å². The standard InChI is InChI=1S/C27H20Cl2N2O2S/c1-17-12-22(10-11-23(17)29)33-15-19-2-6-20(7-3-19)25-13-24-26(34-25)27(32)30-16-31(24)14-18-4-8-21(28)9-5-18/h2-13,16H,14-15H2,1H3. The summed E-state index contributed by atoms with van der Waals surface area (Å²) in [6.07, 6.45) is 1.61. The van der Waals surface area contributed by atoms with Crippen molar-refractivity contribution in [3.63, 3.8) is 0 Å². The highest BCUT2D eigenvalue weighted by Crippen LogP contribution is 2.32. The third-order valence-corrected chi connectivity index (χ3v) is 7.41. The zero-order chi connectivity index (χ0) is 23.7. The number of thiophene rings is 1. The van der Waals surface area contributed by atoms with Gasteiger partial charge in [0.05, 0.1) is 11.8 Å². The van der Waals surface area contributed by atoms with Gasteiger partial charge in [0.2, 0.25) is 0 Å². The van der Waals surface area contributed by atoms with E-state index in [1.165, 1.54) is 11.3 Å². The maximum atomic E-state index is 12.4. The molecule has 5 rings (SSSR count). The molecule has 0 bridgehead atoms. The SMILES string of the molecule is Cc1cc(OCc2ccc(-c3cc4c(s3)c(=O)ncn4Cc3ccc(Cl)cc3)cc2)ccc1Cl. The quantitative estimate of drug-likeness (QED) is 0.241. The van der Waals surface area contributed by atoms with Crippen LogP contribution in [0.1, 0.15) is 16.7 Å². The van der Waals surface area contributed by atoms with E-state index in [2.05, 4.69) is 23.2 Å². The number of ether oxygens (including phenoxy) is 1. The fourth-order valence-corrected chi connectivity index (χ4v) is 4.99. The lowest BCUT2D eigenvalue weighted by Crippen LogP contribution is -2.11. The number of benzene rings is 3. The maximum Gasteiger partial charge on any atom is 0.290 e. The van der Waals surface area contributed by atoms with Crippen LogP contribution in [0.2, 0.25) is 10.0 Å². The third-order valence-electron chi connectivity index (χ3n) is 5.57. The first-order chi connectivity index (χ1) is 16.5. The summed E-state index contributed by atoms with van der Waals surface area (Å²) in [6, 6.07) is 23.6. The van der Waals surface area contributed by atoms with Crippen molar-refractivity contribution in [2.24, 2.45) is 0 Å². The molecular formula is C27H20Cl2N2O2S. The van der Waals surface area contributed by atoms with Crippen molar-refractivity contribution in [1.82, 2.24) is 9.55 Å². The molecule has 5 aromatic rings. The van der Waals surface area contributed by atoms with Crippen LogP contribution in [-0.2, 0) is 13.2 Å². The fraction of sp³-hybridized carbons (Fsp3) is 0.111. The molecule has 3 aromatic carbocycles. The average molecular weight is 507 g/mol. The smallest absolute Gasteiger partial charge is 0.290 e. The summed E-state index contributed by atoms with van der Waals surface area (Å²) in [5, 5.41) is 1.42. The first kappa shape index (κ1) is 22.7. The van der Waals surface area contributed by atoms with E-state index in [0.29, 0.717) is 22.9 Å². The van der Waals surface area contributed by atoms with E-state index in [4.69, 9.17) is 27.9 Å². The Morgan fingerprint density at radius 2 is 1.68 bits per heavy atom. The predicted molar refractivity (Wildman–Crippen MR) is 140 cm³/mol. The second-order valence-electron chi connectivity index (χ2n) is 8.03. The average Bonchev–Trinajstić information content (AvgIpc) is 3.30. The van der Waals surface area contributed by atoms with Crippen LogP contribution < -0.4 is 10.3 Å². The number of rotatable bonds is 6. The summed E-state index contributed by atoms with van der Waals surface area (Å²) >= 11 is 13.6. The lowest BCUT2D eigenvalue weighted by Gasteiger charge is -2.08. The topological polar surface area (TPSA) is 44.1 Å². The van der Waals surface area contributed by atoms with Gasteiger partial charge < -0.3 is 9.30 Å². The van der Waals surface area contributed by atoms with Crippen molar-refractivity contribution < 1.29 is 4.74 Å². The van der Waals surface area contributed by atoms with Crippen LogP contribution in [-0.4, -0.2) is 9.55 Å². The molecule has 0 amide bonds. The molecule has 2 aromatic heterocycles. The normalized spacial score (nSPS) is 11.1. The molecule has 0 aliphatic carbocycles. The molecule has 34 heavy (non-hydrogen) atoms. The maximum absolute atomic E-state index is 12.4. The van der Waals surface area contributed by atoms with Crippen LogP contribution in [0.15, 0.2) is 83.9 Å². The number of nitrogens with zero attached hydrogens (tertiary/aromatic N) is 2. The summed E-state index contributed by atoms with van der Waals surface area (Å²) in [7, 11) is 0. The molecule has 0 saturated heterocycles. The van der Waals surface area contributed by atoms with Gasteiger partial charge in [-0.05, 0) is 65.6 Å². The summed E-state index contributed by atoms with van der Waals surface area (Å²) in [4.78, 5) is 17.5. The second kappa shape index (κ2) is 9.63. The molecule has 0 unspecified atom stereocenters. The van der Waals surface area contributed by atoms with Gasteiger partial charge in [-0.25, -0.2) is 0 Å². The molecule has 0 radical (unpaired) electrons. The monoisotopic (exact) mass is 506 g/mol. The van der Waals surface area contributed by atoms with E-state index in [1.807, 2.05) is 66.1 Å². The minimum absolute atomic E-state index is 0.207. The minimum atomic E-state index is -0.207. The van der Waals surface area contributed by atoms with Crippen LogP contribution in [0.4, 0.5) is 0 Å². The molecule has 0 aliphatic heterocycles. The van der Waals surface area contributed by atoms with Crippen molar-refractivity contribution in [3.05, 3.63) is 116 Å². The van der Waals surface area contributed by atoms with E-state index >= 15 is 0 Å². The van der Waals surface area contributed by atoms with Gasteiger partial charge in [-0.15, -0.1) is 11.3 Å². The molecule has 4 nitrogen and oxygen atoms in total. The van der Waals surface area contributed by atoms with Gasteiger partial charge >= 0.3 is 0 Å². The van der Waals surface area contributed by atoms with Gasteiger partial charge in [0.15, 0.2) is 0 Å².